The molecule has 1 unspecified atom stereocenters. The standard InChI is InChI=1S/C27H28N4O5S/c1-17-13-15-31(27(17,2)3)25-21(6-5-14-28-25)26(33)30-37(34,35)24-8-4-7-23(29-24)36-19-10-11-20-18(16-19)9-12-22(20)32/h4-8,10-11,14,16-17H,9,12-13,15H2,1-3H3,(H,30,33). The van der Waals surface area contributed by atoms with Crippen LogP contribution in [0.1, 0.15) is 59.9 Å². The van der Waals surface area contributed by atoms with Crippen molar-refractivity contribution in [2.75, 3.05) is 11.4 Å². The molecule has 0 bridgehead atoms. The van der Waals surface area contributed by atoms with Crippen molar-refractivity contribution >= 4 is 27.5 Å². The van der Waals surface area contributed by atoms with E-state index in [1.54, 1.807) is 36.5 Å². The van der Waals surface area contributed by atoms with Crippen molar-refractivity contribution in [2.45, 2.75) is 50.6 Å². The highest BCUT2D eigenvalue weighted by molar-refractivity contribution is 7.90. The molecule has 1 N–H and O–H groups in total. The van der Waals surface area contributed by atoms with Crippen LogP contribution in [0, 0.1) is 5.92 Å². The summed E-state index contributed by atoms with van der Waals surface area (Å²) in [7, 11) is -4.30. The number of nitrogens with one attached hydrogen (secondary N) is 1. The van der Waals surface area contributed by atoms with E-state index in [1.165, 1.54) is 18.2 Å². The Labute approximate surface area is 215 Å². The number of rotatable bonds is 6. The molecule has 2 aliphatic rings. The summed E-state index contributed by atoms with van der Waals surface area (Å²) in [4.78, 5) is 35.6. The van der Waals surface area contributed by atoms with Crippen molar-refractivity contribution in [2.24, 2.45) is 5.92 Å². The van der Waals surface area contributed by atoms with Gasteiger partial charge in [-0.15, -0.1) is 0 Å². The van der Waals surface area contributed by atoms with E-state index in [0.717, 1.165) is 18.5 Å². The topological polar surface area (TPSA) is 119 Å². The van der Waals surface area contributed by atoms with Crippen LogP contribution in [0.5, 0.6) is 11.6 Å². The van der Waals surface area contributed by atoms with Gasteiger partial charge in [0.2, 0.25) is 5.88 Å². The third kappa shape index (κ3) is 4.69. The van der Waals surface area contributed by atoms with Crippen LogP contribution in [0.15, 0.2) is 59.8 Å². The number of sulfonamides is 1. The van der Waals surface area contributed by atoms with E-state index < -0.39 is 15.9 Å². The number of Topliss-reactive ketones (excluding diaryl/α,β-unsaturated/α-hetero) is 1. The van der Waals surface area contributed by atoms with Crippen LogP contribution >= 0.6 is 0 Å². The van der Waals surface area contributed by atoms with Gasteiger partial charge in [-0.3, -0.25) is 9.59 Å². The zero-order valence-electron chi connectivity index (χ0n) is 20.9. The average Bonchev–Trinajstić information content (AvgIpc) is 3.36. The molecule has 1 atom stereocenters. The van der Waals surface area contributed by atoms with E-state index in [0.29, 0.717) is 35.9 Å². The van der Waals surface area contributed by atoms with Crippen LogP contribution in [0.2, 0.25) is 0 Å². The fourth-order valence-electron chi connectivity index (χ4n) is 4.85. The minimum Gasteiger partial charge on any atom is -0.439 e. The highest BCUT2D eigenvalue weighted by Gasteiger charge is 2.40. The second-order valence-electron chi connectivity index (χ2n) is 9.96. The molecule has 1 fully saturated rings. The van der Waals surface area contributed by atoms with E-state index in [1.807, 2.05) is 0 Å². The number of aryl methyl sites for hydroxylation is 1. The molecular weight excluding hydrogens is 492 g/mol. The number of ketones is 1. The molecule has 37 heavy (non-hydrogen) atoms. The lowest BCUT2D eigenvalue weighted by Gasteiger charge is -2.36. The van der Waals surface area contributed by atoms with Crippen LogP contribution < -0.4 is 14.4 Å². The van der Waals surface area contributed by atoms with Crippen molar-refractivity contribution in [1.82, 2.24) is 14.7 Å². The molecule has 3 heterocycles. The molecular formula is C27H28N4O5S. The van der Waals surface area contributed by atoms with Crippen molar-refractivity contribution in [1.29, 1.82) is 0 Å². The first-order valence-corrected chi connectivity index (χ1v) is 13.7. The van der Waals surface area contributed by atoms with Crippen LogP contribution in [0.25, 0.3) is 0 Å². The van der Waals surface area contributed by atoms with Gasteiger partial charge in [-0.25, -0.2) is 9.71 Å². The molecule has 0 radical (unpaired) electrons. The zero-order valence-corrected chi connectivity index (χ0v) is 21.7. The summed E-state index contributed by atoms with van der Waals surface area (Å²) < 4.78 is 34.1. The SMILES string of the molecule is CC1CCN(c2ncccc2C(=O)NS(=O)(=O)c2cccc(Oc3ccc4c(c3)CCC4=O)n2)C1(C)C. The first kappa shape index (κ1) is 24.9. The fraction of sp³-hybridized carbons (Fsp3) is 0.333. The molecule has 1 aromatic carbocycles. The third-order valence-electron chi connectivity index (χ3n) is 7.40. The number of benzene rings is 1. The molecule has 10 heteroatoms. The van der Waals surface area contributed by atoms with Gasteiger partial charge in [-0.2, -0.15) is 13.4 Å². The van der Waals surface area contributed by atoms with Crippen molar-refractivity contribution in [3.05, 3.63) is 71.4 Å². The summed E-state index contributed by atoms with van der Waals surface area (Å²) in [6, 6.07) is 12.6. The van der Waals surface area contributed by atoms with Gasteiger partial charge in [0.15, 0.2) is 10.8 Å². The Morgan fingerprint density at radius 1 is 1.14 bits per heavy atom. The maximum absolute atomic E-state index is 13.2. The average molecular weight is 521 g/mol. The van der Waals surface area contributed by atoms with E-state index in [4.69, 9.17) is 4.74 Å². The Kier molecular flexibility index (Phi) is 6.23. The lowest BCUT2D eigenvalue weighted by Crippen LogP contribution is -2.43. The van der Waals surface area contributed by atoms with Gasteiger partial charge in [0.1, 0.15) is 11.6 Å². The number of hydrogen-bond donors (Lipinski definition) is 1. The number of nitrogens with zero attached hydrogens (tertiary/aromatic N) is 3. The smallest absolute Gasteiger partial charge is 0.281 e. The predicted octanol–water partition coefficient (Wildman–Crippen LogP) is 4.14. The number of aromatic nitrogens is 2. The Morgan fingerprint density at radius 3 is 2.70 bits per heavy atom. The maximum Gasteiger partial charge on any atom is 0.281 e. The van der Waals surface area contributed by atoms with E-state index in [9.17, 15) is 18.0 Å². The third-order valence-corrected chi connectivity index (χ3v) is 8.63. The van der Waals surface area contributed by atoms with Crippen LogP contribution in [-0.2, 0) is 16.4 Å². The summed E-state index contributed by atoms with van der Waals surface area (Å²) >= 11 is 0. The van der Waals surface area contributed by atoms with Crippen molar-refractivity contribution in [3.63, 3.8) is 0 Å². The van der Waals surface area contributed by atoms with Crippen LogP contribution in [0.4, 0.5) is 5.82 Å². The van der Waals surface area contributed by atoms with Gasteiger partial charge in [0, 0.05) is 36.3 Å². The number of carbonyl (C=O) groups is 2. The normalized spacial score (nSPS) is 18.5. The van der Waals surface area contributed by atoms with E-state index >= 15 is 0 Å². The summed E-state index contributed by atoms with van der Waals surface area (Å²) in [5.74, 6) is 0.645. The Hall–Kier alpha value is -3.79. The zero-order chi connectivity index (χ0) is 26.4. The molecule has 5 rings (SSSR count). The number of hydrogen-bond acceptors (Lipinski definition) is 8. The second kappa shape index (κ2) is 9.26. The maximum atomic E-state index is 13.2. The molecule has 0 saturated carbocycles. The summed E-state index contributed by atoms with van der Waals surface area (Å²) in [6.45, 7) is 7.05. The number of amides is 1. The molecule has 1 amide bonds. The van der Waals surface area contributed by atoms with Crippen LogP contribution in [0.3, 0.4) is 0 Å². The lowest BCUT2D eigenvalue weighted by atomic mass is 9.90. The molecule has 3 aromatic rings. The summed E-state index contributed by atoms with van der Waals surface area (Å²) in [5.41, 5.74) is 1.51. The van der Waals surface area contributed by atoms with Gasteiger partial charge in [-0.05, 0) is 74.6 Å². The van der Waals surface area contributed by atoms with Gasteiger partial charge < -0.3 is 9.64 Å². The molecule has 0 spiro atoms. The largest absolute Gasteiger partial charge is 0.439 e. The van der Waals surface area contributed by atoms with Gasteiger partial charge in [-0.1, -0.05) is 13.0 Å². The summed E-state index contributed by atoms with van der Waals surface area (Å²) in [5, 5.41) is -0.352. The molecule has 192 valence electrons. The Balaban J connectivity index is 1.36. The Morgan fingerprint density at radius 2 is 1.95 bits per heavy atom. The summed E-state index contributed by atoms with van der Waals surface area (Å²) in [6.07, 6.45) is 3.65. The highest BCUT2D eigenvalue weighted by atomic mass is 32.2. The molecule has 1 aliphatic carbocycles. The number of fused-ring (bicyclic) bond motifs is 1. The first-order valence-electron chi connectivity index (χ1n) is 12.2. The minimum absolute atomic E-state index is 0.0504. The number of ether oxygens (including phenoxy) is 1. The van der Waals surface area contributed by atoms with Crippen molar-refractivity contribution < 1.29 is 22.7 Å². The molecule has 1 aliphatic heterocycles. The van der Waals surface area contributed by atoms with Gasteiger partial charge in [0.25, 0.3) is 15.9 Å². The van der Waals surface area contributed by atoms with Crippen molar-refractivity contribution in [3.8, 4) is 11.6 Å². The molecule has 9 nitrogen and oxygen atoms in total. The van der Waals surface area contributed by atoms with Gasteiger partial charge in [0.05, 0.1) is 5.56 Å². The van der Waals surface area contributed by atoms with Gasteiger partial charge >= 0.3 is 0 Å². The molecule has 2 aromatic heterocycles. The van der Waals surface area contributed by atoms with E-state index in [-0.39, 0.29) is 27.8 Å². The quantitative estimate of drug-likeness (QED) is 0.515. The van der Waals surface area contributed by atoms with E-state index in [2.05, 4.69) is 40.4 Å². The fourth-order valence-corrected chi connectivity index (χ4v) is 5.77. The predicted molar refractivity (Wildman–Crippen MR) is 137 cm³/mol. The first-order chi connectivity index (χ1) is 17.6. The lowest BCUT2D eigenvalue weighted by molar-refractivity contribution is 0.0977. The number of anilines is 1. The second-order valence-corrected chi connectivity index (χ2v) is 11.6. The number of pyridine rings is 2. The number of carbonyl (C=O) groups excluding carboxylic acids is 2. The minimum atomic E-state index is -4.30. The highest BCUT2D eigenvalue weighted by Crippen LogP contribution is 2.38. The molecule has 1 saturated heterocycles. The Bertz CT molecular complexity index is 1500. The monoisotopic (exact) mass is 520 g/mol. The van der Waals surface area contributed by atoms with Crippen LogP contribution in [-0.4, -0.2) is 42.2 Å².